The fraction of sp³-hybridized carbons (Fsp3) is 0.211. The average Bonchev–Trinajstić information content (AvgIpc) is 2.60. The Morgan fingerprint density at radius 2 is 1.79 bits per heavy atom. The van der Waals surface area contributed by atoms with Gasteiger partial charge in [0.2, 0.25) is 15.9 Å². The highest BCUT2D eigenvalue weighted by molar-refractivity contribution is 7.89. The number of anilines is 1. The van der Waals surface area contributed by atoms with E-state index in [1.807, 2.05) is 19.9 Å². The Kier molecular flexibility index (Phi) is 7.53. The van der Waals surface area contributed by atoms with Gasteiger partial charge in [0.25, 0.3) is 0 Å². The Morgan fingerprint density at radius 3 is 2.36 bits per heavy atom. The highest BCUT2D eigenvalue weighted by atomic mass is 35.5. The number of nitrogens with zero attached hydrogens (tertiary/aromatic N) is 1. The van der Waals surface area contributed by atoms with Gasteiger partial charge in [-0.2, -0.15) is 4.31 Å². The van der Waals surface area contributed by atoms with E-state index in [1.54, 1.807) is 6.07 Å². The van der Waals surface area contributed by atoms with Crippen molar-refractivity contribution < 1.29 is 13.2 Å². The number of hydrogen-bond donors (Lipinski definition) is 1. The van der Waals surface area contributed by atoms with Crippen LogP contribution in [0.2, 0.25) is 15.1 Å². The van der Waals surface area contributed by atoms with Crippen LogP contribution in [0.25, 0.3) is 0 Å². The van der Waals surface area contributed by atoms with E-state index in [1.165, 1.54) is 24.3 Å². The van der Waals surface area contributed by atoms with Gasteiger partial charge in [-0.3, -0.25) is 4.79 Å². The summed E-state index contributed by atoms with van der Waals surface area (Å²) in [5, 5.41) is 3.40. The maximum Gasteiger partial charge on any atom is 0.243 e. The number of hydrogen-bond acceptors (Lipinski definition) is 3. The van der Waals surface area contributed by atoms with Gasteiger partial charge in [0, 0.05) is 6.54 Å². The Morgan fingerprint density at radius 1 is 1.11 bits per heavy atom. The third kappa shape index (κ3) is 5.27. The number of aryl methyl sites for hydroxylation is 2. The third-order valence-corrected chi connectivity index (χ3v) is 6.72. The number of rotatable bonds is 7. The number of amides is 1. The van der Waals surface area contributed by atoms with E-state index in [0.717, 1.165) is 15.4 Å². The van der Waals surface area contributed by atoms with Crippen molar-refractivity contribution in [2.75, 3.05) is 18.4 Å². The van der Waals surface area contributed by atoms with Crippen LogP contribution in [0, 0.1) is 13.8 Å². The number of sulfonamides is 1. The van der Waals surface area contributed by atoms with Gasteiger partial charge in [0.1, 0.15) is 0 Å². The van der Waals surface area contributed by atoms with Gasteiger partial charge < -0.3 is 5.32 Å². The fourth-order valence-electron chi connectivity index (χ4n) is 2.59. The smallest absolute Gasteiger partial charge is 0.243 e. The Hall–Kier alpha value is -1.57. The van der Waals surface area contributed by atoms with Crippen molar-refractivity contribution in [3.63, 3.8) is 0 Å². The van der Waals surface area contributed by atoms with E-state index < -0.39 is 22.5 Å². The van der Waals surface area contributed by atoms with E-state index in [-0.39, 0.29) is 21.5 Å². The van der Waals surface area contributed by atoms with Gasteiger partial charge in [-0.05, 0) is 49.2 Å². The summed E-state index contributed by atoms with van der Waals surface area (Å²) in [7, 11) is -3.99. The predicted octanol–water partition coefficient (Wildman–Crippen LogP) is 5.08. The van der Waals surface area contributed by atoms with Crippen LogP contribution in [-0.2, 0) is 14.8 Å². The SMILES string of the molecule is C=CCN(CC(=O)Nc1c(C)cc(C)cc1Cl)S(=O)(=O)c1ccc(Cl)c(Cl)c1. The van der Waals surface area contributed by atoms with Crippen LogP contribution in [-0.4, -0.2) is 31.7 Å². The first-order valence-electron chi connectivity index (χ1n) is 8.19. The molecule has 0 saturated heterocycles. The molecule has 0 aromatic heterocycles. The normalized spacial score (nSPS) is 11.5. The second-order valence-electron chi connectivity index (χ2n) is 6.15. The number of nitrogens with one attached hydrogen (secondary N) is 1. The molecule has 150 valence electrons. The summed E-state index contributed by atoms with van der Waals surface area (Å²) in [6, 6.07) is 7.55. The highest BCUT2D eigenvalue weighted by Crippen LogP contribution is 2.28. The molecule has 0 aliphatic heterocycles. The molecule has 9 heteroatoms. The molecule has 0 fully saturated rings. The molecule has 28 heavy (non-hydrogen) atoms. The lowest BCUT2D eigenvalue weighted by atomic mass is 10.1. The zero-order chi connectivity index (χ0) is 21.1. The van der Waals surface area contributed by atoms with Gasteiger partial charge in [0.15, 0.2) is 0 Å². The lowest BCUT2D eigenvalue weighted by Gasteiger charge is -2.21. The molecule has 1 N–H and O–H groups in total. The van der Waals surface area contributed by atoms with Gasteiger partial charge in [0.05, 0.1) is 32.2 Å². The molecule has 2 aromatic carbocycles. The van der Waals surface area contributed by atoms with Crippen LogP contribution in [0.15, 0.2) is 47.9 Å². The minimum Gasteiger partial charge on any atom is -0.323 e. The first-order chi connectivity index (χ1) is 13.1. The van der Waals surface area contributed by atoms with Gasteiger partial charge >= 0.3 is 0 Å². The molecule has 0 atom stereocenters. The molecule has 0 saturated carbocycles. The summed E-state index contributed by atoms with van der Waals surface area (Å²) in [6.45, 7) is 6.78. The molecule has 0 aliphatic carbocycles. The maximum atomic E-state index is 12.9. The zero-order valence-corrected chi connectivity index (χ0v) is 18.4. The molecular weight excluding hydrogens is 443 g/mol. The first kappa shape index (κ1) is 22.7. The van der Waals surface area contributed by atoms with Crippen molar-refractivity contribution in [2.45, 2.75) is 18.7 Å². The lowest BCUT2D eigenvalue weighted by molar-refractivity contribution is -0.116. The van der Waals surface area contributed by atoms with Crippen molar-refractivity contribution in [1.29, 1.82) is 0 Å². The molecule has 5 nitrogen and oxygen atoms in total. The Balaban J connectivity index is 2.28. The van der Waals surface area contributed by atoms with Crippen LogP contribution in [0.5, 0.6) is 0 Å². The van der Waals surface area contributed by atoms with E-state index in [2.05, 4.69) is 11.9 Å². The summed E-state index contributed by atoms with van der Waals surface area (Å²) < 4.78 is 26.8. The lowest BCUT2D eigenvalue weighted by Crippen LogP contribution is -2.38. The van der Waals surface area contributed by atoms with Crippen LogP contribution in [0.1, 0.15) is 11.1 Å². The van der Waals surface area contributed by atoms with Crippen LogP contribution in [0.4, 0.5) is 5.69 Å². The average molecular weight is 462 g/mol. The molecular formula is C19H19Cl3N2O3S. The quantitative estimate of drug-likeness (QED) is 0.585. The number of benzene rings is 2. The predicted molar refractivity (Wildman–Crippen MR) is 115 cm³/mol. The molecule has 0 heterocycles. The number of carbonyl (C=O) groups excluding carboxylic acids is 1. The summed E-state index contributed by atoms with van der Waals surface area (Å²) in [6.07, 6.45) is 1.40. The number of halogens is 3. The van der Waals surface area contributed by atoms with Crippen molar-refractivity contribution in [3.8, 4) is 0 Å². The van der Waals surface area contributed by atoms with E-state index in [9.17, 15) is 13.2 Å². The summed E-state index contributed by atoms with van der Waals surface area (Å²) >= 11 is 18.0. The third-order valence-electron chi connectivity index (χ3n) is 3.88. The molecule has 0 aliphatic rings. The Bertz CT molecular complexity index is 1000. The molecule has 1 amide bonds. The second-order valence-corrected chi connectivity index (χ2v) is 9.31. The first-order valence-corrected chi connectivity index (χ1v) is 10.8. The van der Waals surface area contributed by atoms with Crippen molar-refractivity contribution in [2.24, 2.45) is 0 Å². The van der Waals surface area contributed by atoms with E-state index >= 15 is 0 Å². The van der Waals surface area contributed by atoms with E-state index in [4.69, 9.17) is 34.8 Å². The molecule has 0 unspecified atom stereocenters. The number of carbonyl (C=O) groups is 1. The highest BCUT2D eigenvalue weighted by Gasteiger charge is 2.26. The van der Waals surface area contributed by atoms with Gasteiger partial charge in [-0.25, -0.2) is 8.42 Å². The van der Waals surface area contributed by atoms with Crippen molar-refractivity contribution >= 4 is 56.4 Å². The molecule has 2 aromatic rings. The zero-order valence-electron chi connectivity index (χ0n) is 15.3. The Labute approximate surface area is 179 Å². The molecule has 0 radical (unpaired) electrons. The monoisotopic (exact) mass is 460 g/mol. The summed E-state index contributed by atoms with van der Waals surface area (Å²) in [5.74, 6) is -0.528. The molecule has 2 rings (SSSR count). The molecule has 0 spiro atoms. The summed E-state index contributed by atoms with van der Waals surface area (Å²) in [4.78, 5) is 12.5. The fourth-order valence-corrected chi connectivity index (χ4v) is 4.72. The minimum absolute atomic E-state index is 0.0589. The molecule has 0 bridgehead atoms. The minimum atomic E-state index is -3.99. The van der Waals surface area contributed by atoms with Crippen LogP contribution < -0.4 is 5.32 Å². The van der Waals surface area contributed by atoms with Crippen molar-refractivity contribution in [3.05, 3.63) is 69.2 Å². The van der Waals surface area contributed by atoms with Crippen LogP contribution in [0.3, 0.4) is 0 Å². The van der Waals surface area contributed by atoms with Gasteiger partial charge in [-0.1, -0.05) is 46.9 Å². The standard InChI is InChI=1S/C19H19Cl3N2O3S/c1-4-7-24(28(26,27)14-5-6-15(20)16(21)10-14)11-18(25)23-19-13(3)8-12(2)9-17(19)22/h4-6,8-10H,1,7,11H2,2-3H3,(H,23,25). The second kappa shape index (κ2) is 9.29. The summed E-state index contributed by atoms with van der Waals surface area (Å²) in [5.41, 5.74) is 2.18. The van der Waals surface area contributed by atoms with E-state index in [0.29, 0.717) is 10.7 Å². The largest absolute Gasteiger partial charge is 0.323 e. The maximum absolute atomic E-state index is 12.9. The van der Waals surface area contributed by atoms with Crippen molar-refractivity contribution in [1.82, 2.24) is 4.31 Å². The topological polar surface area (TPSA) is 66.5 Å². The van der Waals surface area contributed by atoms with Gasteiger partial charge in [-0.15, -0.1) is 6.58 Å². The van der Waals surface area contributed by atoms with Crippen LogP contribution >= 0.6 is 34.8 Å².